The third kappa shape index (κ3) is 3.22. The van der Waals surface area contributed by atoms with Crippen molar-refractivity contribution in [1.29, 1.82) is 0 Å². The van der Waals surface area contributed by atoms with Gasteiger partial charge in [-0.05, 0) is 31.9 Å². The van der Waals surface area contributed by atoms with Crippen LogP contribution < -0.4 is 5.56 Å². The van der Waals surface area contributed by atoms with Gasteiger partial charge in [0, 0.05) is 19.0 Å². The van der Waals surface area contributed by atoms with Crippen molar-refractivity contribution >= 4 is 16.8 Å². The second kappa shape index (κ2) is 7.09. The minimum Gasteiger partial charge on any atom is -0.339 e. The van der Waals surface area contributed by atoms with Crippen molar-refractivity contribution in [3.05, 3.63) is 52.2 Å². The van der Waals surface area contributed by atoms with Crippen LogP contribution in [-0.2, 0) is 11.3 Å². The predicted octanol–water partition coefficient (Wildman–Crippen LogP) is 2.39. The first-order valence-corrected chi connectivity index (χ1v) is 10.2. The quantitative estimate of drug-likeness (QED) is 0.676. The number of para-hydroxylation sites is 1. The Bertz CT molecular complexity index is 1130. The van der Waals surface area contributed by atoms with Crippen LogP contribution in [0.25, 0.3) is 10.9 Å². The van der Waals surface area contributed by atoms with Gasteiger partial charge in [-0.3, -0.25) is 14.2 Å². The number of fused-ring (bicyclic) bond motifs is 1. The molecule has 0 radical (unpaired) electrons. The monoisotopic (exact) mass is 393 g/mol. The maximum absolute atomic E-state index is 12.8. The zero-order chi connectivity index (χ0) is 20.0. The number of carbonyl (C=O) groups is 1. The van der Waals surface area contributed by atoms with E-state index in [4.69, 9.17) is 4.52 Å². The van der Waals surface area contributed by atoms with E-state index in [1.165, 1.54) is 12.8 Å². The molecule has 1 atom stereocenters. The summed E-state index contributed by atoms with van der Waals surface area (Å²) in [5.41, 5.74) is 0.555. The normalized spacial score (nSPS) is 20.2. The Kier molecular flexibility index (Phi) is 4.41. The fourth-order valence-corrected chi connectivity index (χ4v) is 4.57. The minimum absolute atomic E-state index is 0.0723. The molecule has 0 spiro atoms. The van der Waals surface area contributed by atoms with Crippen LogP contribution in [0.1, 0.15) is 55.6 Å². The van der Waals surface area contributed by atoms with E-state index in [2.05, 4.69) is 15.1 Å². The molecule has 3 aromatic rings. The first-order valence-electron chi connectivity index (χ1n) is 10.2. The number of aryl methyl sites for hydroxylation is 1. The molecule has 2 aliphatic rings. The van der Waals surface area contributed by atoms with Crippen LogP contribution in [0.4, 0.5) is 0 Å². The molecule has 1 unspecified atom stereocenters. The van der Waals surface area contributed by atoms with Gasteiger partial charge >= 0.3 is 0 Å². The van der Waals surface area contributed by atoms with Crippen molar-refractivity contribution < 1.29 is 9.32 Å². The van der Waals surface area contributed by atoms with E-state index in [-0.39, 0.29) is 23.9 Å². The lowest BCUT2D eigenvalue weighted by molar-refractivity contribution is -0.129. The molecule has 5 rings (SSSR count). The van der Waals surface area contributed by atoms with Crippen molar-refractivity contribution in [2.24, 2.45) is 0 Å². The molecule has 2 aromatic heterocycles. The number of nitrogens with zero attached hydrogens (tertiary/aromatic N) is 5. The number of hydrogen-bond donors (Lipinski definition) is 0. The number of benzene rings is 1. The summed E-state index contributed by atoms with van der Waals surface area (Å²) in [6.45, 7) is 2.63. The van der Waals surface area contributed by atoms with Gasteiger partial charge in [-0.2, -0.15) is 4.98 Å². The highest BCUT2D eigenvalue weighted by molar-refractivity contribution is 5.80. The van der Waals surface area contributed by atoms with Gasteiger partial charge in [-0.15, -0.1) is 0 Å². The third-order valence-electron chi connectivity index (χ3n) is 6.11. The molecular weight excluding hydrogens is 370 g/mol. The third-order valence-corrected chi connectivity index (χ3v) is 6.11. The van der Waals surface area contributed by atoms with E-state index in [0.717, 1.165) is 12.8 Å². The predicted molar refractivity (Wildman–Crippen MR) is 105 cm³/mol. The first kappa shape index (κ1) is 18.0. The summed E-state index contributed by atoms with van der Waals surface area (Å²) in [6.07, 6.45) is 4.97. The average molecular weight is 393 g/mol. The second-order valence-corrected chi connectivity index (χ2v) is 8.00. The molecular formula is C21H23N5O3. The molecule has 1 saturated heterocycles. The Hall–Kier alpha value is -3.03. The molecule has 1 aliphatic carbocycles. The fraction of sp³-hybridized carbons (Fsp3) is 0.476. The second-order valence-electron chi connectivity index (χ2n) is 8.00. The van der Waals surface area contributed by atoms with Crippen LogP contribution in [0.15, 0.2) is 33.6 Å². The summed E-state index contributed by atoms with van der Waals surface area (Å²) in [5, 5.41) is 4.63. The van der Waals surface area contributed by atoms with Gasteiger partial charge in [0.1, 0.15) is 5.82 Å². The largest absolute Gasteiger partial charge is 0.339 e. The molecule has 1 saturated carbocycles. The Balaban J connectivity index is 1.37. The summed E-state index contributed by atoms with van der Waals surface area (Å²) in [5.74, 6) is 1.61. The average Bonchev–Trinajstić information content (AvgIpc) is 3.46. The summed E-state index contributed by atoms with van der Waals surface area (Å²) < 4.78 is 7.03. The molecule has 1 amide bonds. The zero-order valence-electron chi connectivity index (χ0n) is 16.4. The van der Waals surface area contributed by atoms with E-state index in [0.29, 0.717) is 47.4 Å². The Morgan fingerprint density at radius 1 is 1.14 bits per heavy atom. The van der Waals surface area contributed by atoms with Crippen molar-refractivity contribution in [3.63, 3.8) is 0 Å². The molecule has 29 heavy (non-hydrogen) atoms. The lowest BCUT2D eigenvalue weighted by atomic mass is 10.1. The van der Waals surface area contributed by atoms with Crippen LogP contribution in [0.3, 0.4) is 0 Å². The Morgan fingerprint density at radius 2 is 1.93 bits per heavy atom. The molecule has 1 aromatic carbocycles. The van der Waals surface area contributed by atoms with Gasteiger partial charge in [0.25, 0.3) is 5.56 Å². The fourth-order valence-electron chi connectivity index (χ4n) is 4.57. The molecule has 150 valence electrons. The smallest absolute Gasteiger partial charge is 0.261 e. The highest BCUT2D eigenvalue weighted by Gasteiger charge is 2.38. The highest BCUT2D eigenvalue weighted by atomic mass is 16.5. The molecule has 3 heterocycles. The van der Waals surface area contributed by atoms with Crippen LogP contribution in [0.2, 0.25) is 0 Å². The number of amides is 1. The maximum Gasteiger partial charge on any atom is 0.261 e. The van der Waals surface area contributed by atoms with Crippen molar-refractivity contribution in [2.75, 3.05) is 6.54 Å². The van der Waals surface area contributed by atoms with Crippen LogP contribution >= 0.6 is 0 Å². The lowest BCUT2D eigenvalue weighted by Gasteiger charge is -2.23. The topological polar surface area (TPSA) is 94.1 Å². The molecule has 1 aliphatic heterocycles. The summed E-state index contributed by atoms with van der Waals surface area (Å²) in [7, 11) is 0. The van der Waals surface area contributed by atoms with E-state index >= 15 is 0 Å². The van der Waals surface area contributed by atoms with E-state index in [9.17, 15) is 9.59 Å². The van der Waals surface area contributed by atoms with Gasteiger partial charge in [0.05, 0.1) is 23.4 Å². The summed E-state index contributed by atoms with van der Waals surface area (Å²) in [6, 6.07) is 7.64. The number of carbonyl (C=O) groups excluding carboxylic acids is 1. The Labute approximate surface area is 167 Å². The maximum atomic E-state index is 12.8. The van der Waals surface area contributed by atoms with Gasteiger partial charge in [-0.25, -0.2) is 4.98 Å². The van der Waals surface area contributed by atoms with E-state index < -0.39 is 0 Å². The number of rotatable bonds is 4. The minimum atomic E-state index is -0.122. The molecule has 8 heteroatoms. The van der Waals surface area contributed by atoms with Crippen molar-refractivity contribution in [2.45, 2.75) is 57.5 Å². The molecule has 2 fully saturated rings. The van der Waals surface area contributed by atoms with E-state index in [1.54, 1.807) is 17.6 Å². The summed E-state index contributed by atoms with van der Waals surface area (Å²) >= 11 is 0. The SMILES string of the molecule is Cc1nc2ccccc2c(=O)n1Cc1noc(C2CC(=O)N(C3CCCC3)C2)n1. The summed E-state index contributed by atoms with van der Waals surface area (Å²) in [4.78, 5) is 36.3. The van der Waals surface area contributed by atoms with Gasteiger partial charge < -0.3 is 9.42 Å². The zero-order valence-corrected chi connectivity index (χ0v) is 16.4. The van der Waals surface area contributed by atoms with Gasteiger partial charge in [-0.1, -0.05) is 30.1 Å². The molecule has 0 N–H and O–H groups in total. The van der Waals surface area contributed by atoms with Crippen LogP contribution in [0.5, 0.6) is 0 Å². The Morgan fingerprint density at radius 3 is 2.76 bits per heavy atom. The van der Waals surface area contributed by atoms with Crippen LogP contribution in [0, 0.1) is 6.92 Å². The van der Waals surface area contributed by atoms with Crippen molar-refractivity contribution in [1.82, 2.24) is 24.6 Å². The highest BCUT2D eigenvalue weighted by Crippen LogP contribution is 2.33. The number of aromatic nitrogens is 4. The standard InChI is InChI=1S/C21H23N5O3/c1-13-22-17-9-5-4-8-16(17)21(28)25(13)12-18-23-20(29-24-18)14-10-19(27)26(11-14)15-6-2-3-7-15/h4-5,8-9,14-15H,2-3,6-7,10-12H2,1H3. The molecule has 8 nitrogen and oxygen atoms in total. The van der Waals surface area contributed by atoms with Gasteiger partial charge in [0.15, 0.2) is 5.82 Å². The van der Waals surface area contributed by atoms with Crippen LogP contribution in [-0.4, -0.2) is 43.1 Å². The number of likely N-dealkylation sites (tertiary alicyclic amines) is 1. The first-order chi connectivity index (χ1) is 14.1. The lowest BCUT2D eigenvalue weighted by Crippen LogP contribution is -2.34. The molecule has 0 bridgehead atoms. The number of hydrogen-bond acceptors (Lipinski definition) is 6. The van der Waals surface area contributed by atoms with Crippen molar-refractivity contribution in [3.8, 4) is 0 Å². The van der Waals surface area contributed by atoms with E-state index in [1.807, 2.05) is 23.1 Å². The van der Waals surface area contributed by atoms with Gasteiger partial charge in [0.2, 0.25) is 11.8 Å².